The number of hydrogen-bond acceptors (Lipinski definition) is 4. The van der Waals surface area contributed by atoms with Gasteiger partial charge in [-0.15, -0.1) is 0 Å². The standard InChI is InChI=1S/C30H35N3O3/c1-21(28(34)32-18-15-24-12-8-9-17-31-24)36-25-14-13-22-16-19-33(29(35)30(2,3)4)27(26(22)20-25)23-10-6-5-7-11-23/h5-14,17,20-21,27H,15-16,18-19H2,1-4H3,(H,32,34)/t21-,27-/m1/s1. The lowest BCUT2D eigenvalue weighted by atomic mass is 9.85. The van der Waals surface area contributed by atoms with Crippen LogP contribution in [0.5, 0.6) is 5.75 Å². The largest absolute Gasteiger partial charge is 0.481 e. The van der Waals surface area contributed by atoms with Gasteiger partial charge in [0.15, 0.2) is 6.10 Å². The fourth-order valence-corrected chi connectivity index (χ4v) is 4.57. The molecule has 0 fully saturated rings. The number of carbonyl (C=O) groups is 2. The zero-order chi connectivity index (χ0) is 25.7. The number of nitrogens with zero attached hydrogens (tertiary/aromatic N) is 2. The first-order valence-corrected chi connectivity index (χ1v) is 12.6. The molecule has 0 bridgehead atoms. The van der Waals surface area contributed by atoms with Crippen LogP contribution < -0.4 is 10.1 Å². The molecule has 2 heterocycles. The number of amides is 2. The van der Waals surface area contributed by atoms with Gasteiger partial charge in [0.05, 0.1) is 6.04 Å². The summed E-state index contributed by atoms with van der Waals surface area (Å²) < 4.78 is 6.06. The third-order valence-corrected chi connectivity index (χ3v) is 6.45. The molecule has 6 nitrogen and oxygen atoms in total. The van der Waals surface area contributed by atoms with Gasteiger partial charge in [0.2, 0.25) is 5.91 Å². The van der Waals surface area contributed by atoms with Gasteiger partial charge in [-0.1, -0.05) is 63.2 Å². The van der Waals surface area contributed by atoms with Crippen LogP contribution in [0.25, 0.3) is 0 Å². The summed E-state index contributed by atoms with van der Waals surface area (Å²) in [5, 5.41) is 2.93. The van der Waals surface area contributed by atoms with Crippen LogP contribution >= 0.6 is 0 Å². The summed E-state index contributed by atoms with van der Waals surface area (Å²) in [5.41, 5.74) is 3.75. The number of carbonyl (C=O) groups excluding carboxylic acids is 2. The highest BCUT2D eigenvalue weighted by Gasteiger charge is 2.37. The van der Waals surface area contributed by atoms with Crippen molar-refractivity contribution in [3.8, 4) is 5.75 Å². The van der Waals surface area contributed by atoms with Crippen molar-refractivity contribution in [3.05, 3.63) is 95.3 Å². The predicted octanol–water partition coefficient (Wildman–Crippen LogP) is 4.73. The molecule has 6 heteroatoms. The van der Waals surface area contributed by atoms with Gasteiger partial charge in [0, 0.05) is 36.8 Å². The number of benzene rings is 2. The first kappa shape index (κ1) is 25.4. The van der Waals surface area contributed by atoms with Crippen molar-refractivity contribution in [2.75, 3.05) is 13.1 Å². The summed E-state index contributed by atoms with van der Waals surface area (Å²) in [6.45, 7) is 8.78. The van der Waals surface area contributed by atoms with Crippen molar-refractivity contribution in [2.45, 2.75) is 52.7 Å². The average molecular weight is 486 g/mol. The minimum absolute atomic E-state index is 0.119. The summed E-state index contributed by atoms with van der Waals surface area (Å²) in [6.07, 6.45) is 2.54. The van der Waals surface area contributed by atoms with Crippen LogP contribution in [-0.2, 0) is 22.4 Å². The molecule has 0 radical (unpaired) electrons. The van der Waals surface area contributed by atoms with Crippen LogP contribution in [0.15, 0.2) is 72.9 Å². The van der Waals surface area contributed by atoms with Gasteiger partial charge >= 0.3 is 0 Å². The monoisotopic (exact) mass is 485 g/mol. The summed E-state index contributed by atoms with van der Waals surface area (Å²) in [5.74, 6) is 0.564. The molecule has 3 aromatic rings. The molecule has 2 aromatic carbocycles. The zero-order valence-corrected chi connectivity index (χ0v) is 21.5. The molecule has 0 unspecified atom stereocenters. The summed E-state index contributed by atoms with van der Waals surface area (Å²) in [6, 6.07) is 21.6. The van der Waals surface area contributed by atoms with Crippen molar-refractivity contribution in [1.29, 1.82) is 0 Å². The fraction of sp³-hybridized carbons (Fsp3) is 0.367. The Labute approximate surface area is 213 Å². The molecular formula is C30H35N3O3. The van der Waals surface area contributed by atoms with E-state index in [1.165, 1.54) is 5.56 Å². The molecule has 2 amide bonds. The molecule has 1 N–H and O–H groups in total. The minimum Gasteiger partial charge on any atom is -0.481 e. The third kappa shape index (κ3) is 5.93. The lowest BCUT2D eigenvalue weighted by Crippen LogP contribution is -2.45. The Bertz CT molecular complexity index is 1190. The Morgan fingerprint density at radius 1 is 1.08 bits per heavy atom. The van der Waals surface area contributed by atoms with E-state index < -0.39 is 11.5 Å². The maximum Gasteiger partial charge on any atom is 0.260 e. The van der Waals surface area contributed by atoms with Crippen molar-refractivity contribution in [3.63, 3.8) is 0 Å². The molecule has 188 valence electrons. The summed E-state index contributed by atoms with van der Waals surface area (Å²) in [4.78, 5) is 32.3. The lowest BCUT2D eigenvalue weighted by Gasteiger charge is -2.41. The van der Waals surface area contributed by atoms with Gasteiger partial charge in [-0.05, 0) is 54.3 Å². The van der Waals surface area contributed by atoms with Crippen molar-refractivity contribution in [2.24, 2.45) is 5.41 Å². The topological polar surface area (TPSA) is 71.5 Å². The zero-order valence-electron chi connectivity index (χ0n) is 21.5. The second-order valence-electron chi connectivity index (χ2n) is 10.3. The highest BCUT2D eigenvalue weighted by Crippen LogP contribution is 2.39. The van der Waals surface area contributed by atoms with Crippen molar-refractivity contribution < 1.29 is 14.3 Å². The van der Waals surface area contributed by atoms with E-state index in [0.717, 1.165) is 23.2 Å². The molecule has 36 heavy (non-hydrogen) atoms. The number of rotatable bonds is 7. The molecule has 0 saturated heterocycles. The fourth-order valence-electron chi connectivity index (χ4n) is 4.57. The Morgan fingerprint density at radius 2 is 1.83 bits per heavy atom. The first-order valence-electron chi connectivity index (χ1n) is 12.6. The van der Waals surface area contributed by atoms with Crippen molar-refractivity contribution >= 4 is 11.8 Å². The van der Waals surface area contributed by atoms with Gasteiger partial charge in [0.25, 0.3) is 5.91 Å². The maximum absolute atomic E-state index is 13.4. The van der Waals surface area contributed by atoms with Crippen LogP contribution in [0.3, 0.4) is 0 Å². The van der Waals surface area contributed by atoms with E-state index in [1.54, 1.807) is 13.1 Å². The average Bonchev–Trinajstić information content (AvgIpc) is 2.88. The van der Waals surface area contributed by atoms with E-state index in [-0.39, 0.29) is 17.9 Å². The molecule has 1 aliphatic rings. The molecule has 0 saturated carbocycles. The van der Waals surface area contributed by atoms with E-state index in [9.17, 15) is 9.59 Å². The Morgan fingerprint density at radius 3 is 2.53 bits per heavy atom. The number of nitrogens with one attached hydrogen (secondary N) is 1. The van der Waals surface area contributed by atoms with Gasteiger partial charge in [-0.25, -0.2) is 0 Å². The number of ether oxygens (including phenoxy) is 1. The van der Waals surface area contributed by atoms with E-state index in [4.69, 9.17) is 4.74 Å². The van der Waals surface area contributed by atoms with Crippen LogP contribution in [0.4, 0.5) is 0 Å². The molecule has 0 spiro atoms. The Hall–Kier alpha value is -3.67. The van der Waals surface area contributed by atoms with Gasteiger partial charge in [-0.2, -0.15) is 0 Å². The number of hydrogen-bond donors (Lipinski definition) is 1. The molecular weight excluding hydrogens is 450 g/mol. The Balaban J connectivity index is 1.51. The van der Waals surface area contributed by atoms with Crippen LogP contribution in [-0.4, -0.2) is 40.9 Å². The minimum atomic E-state index is -0.655. The van der Waals surface area contributed by atoms with E-state index in [2.05, 4.69) is 28.5 Å². The van der Waals surface area contributed by atoms with Crippen LogP contribution in [0, 0.1) is 5.41 Å². The normalized spacial score (nSPS) is 16.1. The van der Waals surface area contributed by atoms with Crippen LogP contribution in [0.1, 0.15) is 56.1 Å². The van der Waals surface area contributed by atoms with E-state index >= 15 is 0 Å². The van der Waals surface area contributed by atoms with Gasteiger partial charge < -0.3 is 15.0 Å². The van der Waals surface area contributed by atoms with Gasteiger partial charge in [-0.3, -0.25) is 14.6 Å². The second kappa shape index (κ2) is 10.9. The number of pyridine rings is 1. The predicted molar refractivity (Wildman–Crippen MR) is 141 cm³/mol. The highest BCUT2D eigenvalue weighted by molar-refractivity contribution is 5.83. The summed E-state index contributed by atoms with van der Waals surface area (Å²) >= 11 is 0. The molecule has 0 aliphatic carbocycles. The summed E-state index contributed by atoms with van der Waals surface area (Å²) in [7, 11) is 0. The number of fused-ring (bicyclic) bond motifs is 1. The lowest BCUT2D eigenvalue weighted by molar-refractivity contribution is -0.141. The van der Waals surface area contributed by atoms with E-state index in [0.29, 0.717) is 25.3 Å². The van der Waals surface area contributed by atoms with Crippen molar-refractivity contribution in [1.82, 2.24) is 15.2 Å². The highest BCUT2D eigenvalue weighted by atomic mass is 16.5. The molecule has 2 atom stereocenters. The SMILES string of the molecule is C[C@@H](Oc1ccc2c(c1)[C@@H](c1ccccc1)N(C(=O)C(C)(C)C)CC2)C(=O)NCCc1ccccn1. The van der Waals surface area contributed by atoms with E-state index in [1.807, 2.05) is 74.2 Å². The first-order chi connectivity index (χ1) is 17.2. The quantitative estimate of drug-likeness (QED) is 0.525. The van der Waals surface area contributed by atoms with Crippen LogP contribution in [0.2, 0.25) is 0 Å². The van der Waals surface area contributed by atoms with Gasteiger partial charge in [0.1, 0.15) is 5.75 Å². The Kier molecular flexibility index (Phi) is 7.73. The number of aromatic nitrogens is 1. The smallest absolute Gasteiger partial charge is 0.260 e. The molecule has 1 aliphatic heterocycles. The molecule has 4 rings (SSSR count). The second-order valence-corrected chi connectivity index (χ2v) is 10.3. The maximum atomic E-state index is 13.4. The molecule has 1 aromatic heterocycles. The third-order valence-electron chi connectivity index (χ3n) is 6.45.